The Kier molecular flexibility index (Phi) is 5.11. The van der Waals surface area contributed by atoms with Crippen molar-refractivity contribution in [2.45, 2.75) is 13.5 Å². The van der Waals surface area contributed by atoms with E-state index in [1.807, 2.05) is 35.8 Å². The van der Waals surface area contributed by atoms with Gasteiger partial charge in [-0.2, -0.15) is 0 Å². The van der Waals surface area contributed by atoms with Crippen molar-refractivity contribution in [2.24, 2.45) is 0 Å². The van der Waals surface area contributed by atoms with E-state index in [-0.39, 0.29) is 12.4 Å². The summed E-state index contributed by atoms with van der Waals surface area (Å²) in [6.45, 7) is 3.80. The van der Waals surface area contributed by atoms with Crippen LogP contribution in [-0.2, 0) is 11.3 Å². The summed E-state index contributed by atoms with van der Waals surface area (Å²) in [6, 6.07) is 7.42. The molecule has 1 amide bonds. The van der Waals surface area contributed by atoms with Gasteiger partial charge in [-0.25, -0.2) is 0 Å². The van der Waals surface area contributed by atoms with Crippen molar-refractivity contribution in [1.82, 2.24) is 19.7 Å². The van der Waals surface area contributed by atoms with E-state index >= 15 is 0 Å². The minimum Gasteiger partial charge on any atom is -0.483 e. The lowest BCUT2D eigenvalue weighted by molar-refractivity contribution is -0.122. The van der Waals surface area contributed by atoms with Gasteiger partial charge in [-0.15, -0.1) is 10.2 Å². The molecule has 22 heavy (non-hydrogen) atoms. The first-order valence-corrected chi connectivity index (χ1v) is 7.06. The number of benzene rings is 1. The fourth-order valence-electron chi connectivity index (χ4n) is 2.28. The van der Waals surface area contributed by atoms with Crippen LogP contribution in [0.1, 0.15) is 17.5 Å². The number of nitrogens with zero attached hydrogens (tertiary/aromatic N) is 4. The summed E-state index contributed by atoms with van der Waals surface area (Å²) in [6.07, 6.45) is 0. The summed E-state index contributed by atoms with van der Waals surface area (Å²) in [5.41, 5.74) is 0.879. The van der Waals surface area contributed by atoms with E-state index in [4.69, 9.17) is 21.5 Å². The molecule has 0 aliphatic carbocycles. The van der Waals surface area contributed by atoms with Gasteiger partial charge in [0.15, 0.2) is 5.82 Å². The number of halogens is 1. The number of hydrogen-bond donors (Lipinski definition) is 1. The van der Waals surface area contributed by atoms with Gasteiger partial charge in [0.05, 0.1) is 0 Å². The Morgan fingerprint density at radius 3 is 2.64 bits per heavy atom. The Labute approximate surface area is 132 Å². The Morgan fingerprint density at radius 2 is 2.00 bits per heavy atom. The van der Waals surface area contributed by atoms with Crippen LogP contribution in [0.25, 0.3) is 11.4 Å². The molecule has 0 radical (unpaired) electrons. The first kappa shape index (κ1) is 16.0. The fraction of sp³-hybridized carbons (Fsp3) is 0.286. The average molecular weight is 323 g/mol. The van der Waals surface area contributed by atoms with Crippen molar-refractivity contribution < 1.29 is 14.7 Å². The molecule has 8 heteroatoms. The summed E-state index contributed by atoms with van der Waals surface area (Å²) in [5.74, 6) is 1.04. The lowest BCUT2D eigenvalue weighted by atomic mass is 10.2. The molecular formula is C14H15ClN4O3. The number of hydrogen-bond acceptors (Lipinski definition) is 4. The van der Waals surface area contributed by atoms with Gasteiger partial charge in [0.25, 0.3) is 12.4 Å². The van der Waals surface area contributed by atoms with Gasteiger partial charge in [-0.05, 0) is 19.1 Å². The molecule has 2 aromatic rings. The summed E-state index contributed by atoms with van der Waals surface area (Å²) >= 11 is 5.99. The highest BCUT2D eigenvalue weighted by Crippen LogP contribution is 2.23. The lowest BCUT2D eigenvalue weighted by Gasteiger charge is -2.26. The van der Waals surface area contributed by atoms with E-state index in [9.17, 15) is 4.79 Å². The zero-order valence-corrected chi connectivity index (χ0v) is 12.7. The third kappa shape index (κ3) is 3.09. The first-order valence-electron chi connectivity index (χ1n) is 6.68. The number of carbonyl (C=O) groups is 2. The topological polar surface area (TPSA) is 88.3 Å². The highest BCUT2D eigenvalue weighted by molar-refractivity contribution is 6.30. The van der Waals surface area contributed by atoms with Gasteiger partial charge >= 0.3 is 0 Å². The van der Waals surface area contributed by atoms with E-state index in [0.29, 0.717) is 36.3 Å². The molecule has 1 aromatic heterocycles. The minimum absolute atomic E-state index is 0.0606. The van der Waals surface area contributed by atoms with Crippen molar-refractivity contribution in [3.63, 3.8) is 0 Å². The lowest BCUT2D eigenvalue weighted by Crippen LogP contribution is -2.40. The van der Waals surface area contributed by atoms with E-state index in [0.717, 1.165) is 5.56 Å². The van der Waals surface area contributed by atoms with Crippen LogP contribution in [0.2, 0.25) is 5.02 Å². The summed E-state index contributed by atoms with van der Waals surface area (Å²) in [4.78, 5) is 22.3. The molecule has 1 aliphatic rings. The second kappa shape index (κ2) is 7.04. The Balaban J connectivity index is 0.000000545. The Morgan fingerprint density at radius 1 is 1.32 bits per heavy atom. The molecule has 1 N–H and O–H groups in total. The molecule has 3 rings (SSSR count). The summed E-state index contributed by atoms with van der Waals surface area (Å²) in [7, 11) is 0. The van der Waals surface area contributed by atoms with Gasteiger partial charge in [0.1, 0.15) is 0 Å². The predicted molar refractivity (Wildman–Crippen MR) is 80.7 cm³/mol. The predicted octanol–water partition coefficient (Wildman–Crippen LogP) is 1.78. The van der Waals surface area contributed by atoms with Crippen molar-refractivity contribution in [3.05, 3.63) is 35.1 Å². The van der Waals surface area contributed by atoms with Gasteiger partial charge in [-0.1, -0.05) is 23.7 Å². The zero-order valence-electron chi connectivity index (χ0n) is 11.9. The van der Waals surface area contributed by atoms with Crippen LogP contribution in [0.4, 0.5) is 0 Å². The monoisotopic (exact) mass is 322 g/mol. The highest BCUT2D eigenvalue weighted by atomic mass is 35.5. The molecule has 1 aromatic carbocycles. The molecular weight excluding hydrogens is 308 g/mol. The normalized spacial score (nSPS) is 13.2. The van der Waals surface area contributed by atoms with Crippen LogP contribution >= 0.6 is 11.6 Å². The minimum atomic E-state index is -0.250. The highest BCUT2D eigenvalue weighted by Gasteiger charge is 2.28. The van der Waals surface area contributed by atoms with Gasteiger partial charge in [-0.3, -0.25) is 9.59 Å². The molecule has 0 fully saturated rings. The maximum absolute atomic E-state index is 12.1. The Bertz CT molecular complexity index is 686. The van der Waals surface area contributed by atoms with E-state index in [1.54, 1.807) is 4.90 Å². The molecule has 0 saturated heterocycles. The van der Waals surface area contributed by atoms with Crippen LogP contribution in [0.5, 0.6) is 0 Å². The molecule has 0 spiro atoms. The second-order valence-corrected chi connectivity index (χ2v) is 4.94. The molecule has 0 bridgehead atoms. The van der Waals surface area contributed by atoms with Gasteiger partial charge in [0.2, 0.25) is 5.82 Å². The molecule has 116 valence electrons. The largest absolute Gasteiger partial charge is 0.483 e. The van der Waals surface area contributed by atoms with Crippen LogP contribution in [0.15, 0.2) is 24.3 Å². The van der Waals surface area contributed by atoms with Crippen LogP contribution in [-0.4, -0.2) is 50.2 Å². The number of amides is 1. The van der Waals surface area contributed by atoms with Gasteiger partial charge < -0.3 is 14.6 Å². The number of rotatable bonds is 2. The number of likely N-dealkylation sites (N-methyl/N-ethyl adjacent to an activating group) is 1. The van der Waals surface area contributed by atoms with E-state index in [1.165, 1.54) is 0 Å². The Hall–Kier alpha value is -2.41. The quantitative estimate of drug-likeness (QED) is 0.851. The molecule has 2 heterocycles. The maximum atomic E-state index is 12.1. The van der Waals surface area contributed by atoms with Crippen molar-refractivity contribution in [2.75, 3.05) is 13.1 Å². The van der Waals surface area contributed by atoms with E-state index in [2.05, 4.69) is 10.2 Å². The number of carboxylic acid groups (broad SMARTS) is 1. The molecule has 0 unspecified atom stereocenters. The maximum Gasteiger partial charge on any atom is 0.291 e. The summed E-state index contributed by atoms with van der Waals surface area (Å²) in [5, 5.41) is 15.7. The van der Waals surface area contributed by atoms with Crippen LogP contribution in [0.3, 0.4) is 0 Å². The first-order chi connectivity index (χ1) is 10.6. The third-order valence-corrected chi connectivity index (χ3v) is 3.52. The molecule has 0 saturated carbocycles. The average Bonchev–Trinajstić information content (AvgIpc) is 2.93. The third-order valence-electron chi connectivity index (χ3n) is 3.29. The second-order valence-electron chi connectivity index (χ2n) is 4.50. The zero-order chi connectivity index (χ0) is 16.1. The molecule has 0 atom stereocenters. The number of aromatic nitrogens is 3. The van der Waals surface area contributed by atoms with Crippen molar-refractivity contribution in [3.8, 4) is 11.4 Å². The van der Waals surface area contributed by atoms with Crippen LogP contribution in [0, 0.1) is 0 Å². The fourth-order valence-corrected chi connectivity index (χ4v) is 2.47. The molecule has 1 aliphatic heterocycles. The summed E-state index contributed by atoms with van der Waals surface area (Å²) < 4.78 is 1.86. The number of carbonyl (C=O) groups excluding carboxylic acids is 1. The standard InChI is InChI=1S/C13H13ClN4O.CH2O2/c1-2-17-6-7-18-11(15-16-12(18)13(17)19)9-4-3-5-10(14)8-9;2-1-3/h3-5,8H,2,6-7H2,1H3;1H,(H,2,3). The van der Waals surface area contributed by atoms with Crippen LogP contribution < -0.4 is 0 Å². The molecule has 7 nitrogen and oxygen atoms in total. The van der Waals surface area contributed by atoms with Crippen molar-refractivity contribution in [1.29, 1.82) is 0 Å². The smallest absolute Gasteiger partial charge is 0.291 e. The van der Waals surface area contributed by atoms with Gasteiger partial charge in [0, 0.05) is 30.2 Å². The number of fused-ring (bicyclic) bond motifs is 1. The SMILES string of the molecule is CCN1CCn2c(nnc2-c2cccc(Cl)c2)C1=O.O=CO. The van der Waals surface area contributed by atoms with E-state index < -0.39 is 0 Å². The van der Waals surface area contributed by atoms with Crippen molar-refractivity contribution >= 4 is 24.0 Å².